The van der Waals surface area contributed by atoms with Gasteiger partial charge in [0.2, 0.25) is 0 Å². The van der Waals surface area contributed by atoms with Crippen LogP contribution in [0.1, 0.15) is 41.5 Å². The molecular weight excluding hydrogens is 399 g/mol. The van der Waals surface area contributed by atoms with Crippen molar-refractivity contribution in [2.45, 2.75) is 59.1 Å². The highest BCUT2D eigenvalue weighted by molar-refractivity contribution is 7.62. The zero-order chi connectivity index (χ0) is 21.4. The van der Waals surface area contributed by atoms with Crippen molar-refractivity contribution in [1.29, 1.82) is 0 Å². The van der Waals surface area contributed by atoms with Gasteiger partial charge >= 0.3 is 21.1 Å². The van der Waals surface area contributed by atoms with Gasteiger partial charge in [0.1, 0.15) is 5.75 Å². The number of hydrogen-bond acceptors (Lipinski definition) is 6. The summed E-state index contributed by atoms with van der Waals surface area (Å²) in [5.74, 6) is -0.486. The predicted molar refractivity (Wildman–Crippen MR) is 99.3 cm³/mol. The first-order chi connectivity index (χ1) is 12.7. The molecule has 0 N–H and O–H groups in total. The number of benzene rings is 1. The highest BCUT2D eigenvalue weighted by Gasteiger charge is 2.53. The lowest BCUT2D eigenvalue weighted by Gasteiger charge is -2.32. The Morgan fingerprint density at radius 3 is 1.96 bits per heavy atom. The molecule has 1 aromatic rings. The van der Waals surface area contributed by atoms with Crippen molar-refractivity contribution < 1.29 is 40.8 Å². The molecule has 1 aliphatic rings. The molecular formula is C17H25BF3O6P. The van der Waals surface area contributed by atoms with Gasteiger partial charge in [-0.15, -0.1) is 13.2 Å². The summed E-state index contributed by atoms with van der Waals surface area (Å²) in [5, 5.41) is 0.0734. The minimum absolute atomic E-state index is 0.0734. The molecule has 1 aliphatic heterocycles. The van der Waals surface area contributed by atoms with E-state index in [9.17, 15) is 17.7 Å². The quantitative estimate of drug-likeness (QED) is 0.491. The average Bonchev–Trinajstić information content (AvgIpc) is 2.74. The predicted octanol–water partition coefficient (Wildman–Crippen LogP) is 3.78. The summed E-state index contributed by atoms with van der Waals surface area (Å²) in [6.07, 6.45) is -4.88. The van der Waals surface area contributed by atoms with Gasteiger partial charge in [0.05, 0.1) is 29.7 Å². The number of rotatable bonds is 7. The molecule has 1 fully saturated rings. The van der Waals surface area contributed by atoms with Crippen LogP contribution in [0.3, 0.4) is 0 Å². The van der Waals surface area contributed by atoms with Crippen LogP contribution in [-0.4, -0.2) is 37.9 Å². The summed E-state index contributed by atoms with van der Waals surface area (Å²) in [5.41, 5.74) is -1.40. The third-order valence-electron chi connectivity index (χ3n) is 4.63. The Labute approximate surface area is 163 Å². The lowest BCUT2D eigenvalue weighted by molar-refractivity contribution is -0.274. The third kappa shape index (κ3) is 4.91. The monoisotopic (exact) mass is 424 g/mol. The highest BCUT2D eigenvalue weighted by atomic mass is 31.2. The number of halogens is 3. The highest BCUT2D eigenvalue weighted by Crippen LogP contribution is 2.47. The van der Waals surface area contributed by atoms with E-state index in [0.717, 1.165) is 12.1 Å². The molecule has 0 aromatic heterocycles. The van der Waals surface area contributed by atoms with Gasteiger partial charge in [-0.05, 0) is 59.7 Å². The van der Waals surface area contributed by atoms with Gasteiger partial charge in [0.25, 0.3) is 0 Å². The lowest BCUT2D eigenvalue weighted by atomic mass is 9.79. The van der Waals surface area contributed by atoms with Crippen molar-refractivity contribution >= 4 is 25.5 Å². The van der Waals surface area contributed by atoms with E-state index < -0.39 is 38.0 Å². The molecule has 0 bridgehead atoms. The van der Waals surface area contributed by atoms with E-state index in [1.807, 2.05) is 0 Å². The first kappa shape index (κ1) is 23.2. The fraction of sp³-hybridized carbons (Fsp3) is 0.647. The largest absolute Gasteiger partial charge is 0.573 e. The summed E-state index contributed by atoms with van der Waals surface area (Å²) in [4.78, 5) is 0. The second-order valence-electron chi connectivity index (χ2n) is 7.19. The van der Waals surface area contributed by atoms with Crippen LogP contribution in [0.25, 0.3) is 0 Å². The van der Waals surface area contributed by atoms with Crippen LogP contribution in [0.5, 0.6) is 5.75 Å². The van der Waals surface area contributed by atoms with Gasteiger partial charge < -0.3 is 23.1 Å². The first-order valence-electron chi connectivity index (χ1n) is 8.89. The van der Waals surface area contributed by atoms with Gasteiger partial charge in [0, 0.05) is 5.46 Å². The third-order valence-corrected chi connectivity index (χ3v) is 6.83. The smallest absolute Gasteiger partial charge is 0.406 e. The molecule has 1 heterocycles. The maximum atomic E-state index is 13.3. The fourth-order valence-electron chi connectivity index (χ4n) is 2.65. The standard InChI is InChI=1S/C17H25BF3O6P/c1-7-23-28(22,24-8-2)14-10-9-12(25-17(19,20)21)11-13(14)18-26-15(3,4)16(5,6)27-18/h9-11H,7-8H2,1-6H3. The fourth-order valence-corrected chi connectivity index (χ4v) is 4.43. The maximum Gasteiger partial charge on any atom is 0.573 e. The SMILES string of the molecule is CCOP(=O)(OCC)c1ccc(OC(F)(F)F)cc1B1OC(C)(C)C(C)(C)O1. The van der Waals surface area contributed by atoms with Crippen LogP contribution in [0, 0.1) is 0 Å². The maximum absolute atomic E-state index is 13.3. The molecule has 6 nitrogen and oxygen atoms in total. The molecule has 0 aliphatic carbocycles. The van der Waals surface area contributed by atoms with Crippen LogP contribution in [0.15, 0.2) is 18.2 Å². The molecule has 11 heteroatoms. The van der Waals surface area contributed by atoms with E-state index >= 15 is 0 Å². The summed E-state index contributed by atoms with van der Waals surface area (Å²) >= 11 is 0. The van der Waals surface area contributed by atoms with Gasteiger partial charge in [-0.25, -0.2) is 0 Å². The summed E-state index contributed by atoms with van der Waals surface area (Å²) in [6, 6.07) is 3.38. The van der Waals surface area contributed by atoms with Crippen molar-refractivity contribution in [1.82, 2.24) is 0 Å². The molecule has 0 saturated carbocycles. The van der Waals surface area contributed by atoms with Crippen LogP contribution < -0.4 is 15.5 Å². The van der Waals surface area contributed by atoms with E-state index in [2.05, 4.69) is 4.74 Å². The second kappa shape index (κ2) is 7.99. The molecule has 158 valence electrons. The Hall–Kier alpha value is -1.06. The van der Waals surface area contributed by atoms with Gasteiger partial charge in [0.15, 0.2) is 0 Å². The molecule has 28 heavy (non-hydrogen) atoms. The minimum atomic E-state index is -4.88. The van der Waals surface area contributed by atoms with Crippen molar-refractivity contribution in [2.75, 3.05) is 13.2 Å². The molecule has 0 atom stereocenters. The Kier molecular flexibility index (Phi) is 6.63. The van der Waals surface area contributed by atoms with E-state index in [4.69, 9.17) is 18.4 Å². The molecule has 1 saturated heterocycles. The number of hydrogen-bond donors (Lipinski definition) is 0. The number of ether oxygens (including phenoxy) is 1. The Morgan fingerprint density at radius 2 is 1.54 bits per heavy atom. The zero-order valence-electron chi connectivity index (χ0n) is 16.8. The van der Waals surface area contributed by atoms with Crippen LogP contribution in [0.4, 0.5) is 13.2 Å². The van der Waals surface area contributed by atoms with Gasteiger partial charge in [-0.1, -0.05) is 0 Å². The van der Waals surface area contributed by atoms with Gasteiger partial charge in [-0.3, -0.25) is 4.57 Å². The minimum Gasteiger partial charge on any atom is -0.406 e. The van der Waals surface area contributed by atoms with Crippen LogP contribution in [0.2, 0.25) is 0 Å². The molecule has 1 aromatic carbocycles. The van der Waals surface area contributed by atoms with Crippen molar-refractivity contribution in [3.8, 4) is 5.75 Å². The average molecular weight is 424 g/mol. The molecule has 0 unspecified atom stereocenters. The molecule has 0 amide bonds. The van der Waals surface area contributed by atoms with Crippen LogP contribution >= 0.6 is 7.60 Å². The van der Waals surface area contributed by atoms with Crippen LogP contribution in [-0.2, 0) is 22.9 Å². The summed E-state index contributed by atoms with van der Waals surface area (Å²) < 4.78 is 77.9. The Bertz CT molecular complexity index is 727. The van der Waals surface area contributed by atoms with E-state index in [1.165, 1.54) is 6.07 Å². The molecule has 0 radical (unpaired) electrons. The van der Waals surface area contributed by atoms with Gasteiger partial charge in [-0.2, -0.15) is 0 Å². The molecule has 2 rings (SSSR count). The van der Waals surface area contributed by atoms with Crippen molar-refractivity contribution in [3.05, 3.63) is 18.2 Å². The summed E-state index contributed by atoms with van der Waals surface area (Å²) in [6.45, 7) is 10.6. The zero-order valence-corrected chi connectivity index (χ0v) is 17.6. The molecule has 0 spiro atoms. The lowest BCUT2D eigenvalue weighted by Crippen LogP contribution is -2.44. The topological polar surface area (TPSA) is 63.2 Å². The first-order valence-corrected chi connectivity index (χ1v) is 10.4. The van der Waals surface area contributed by atoms with E-state index in [-0.39, 0.29) is 24.0 Å². The van der Waals surface area contributed by atoms with E-state index in [1.54, 1.807) is 41.5 Å². The van der Waals surface area contributed by atoms with Crippen molar-refractivity contribution in [3.63, 3.8) is 0 Å². The normalized spacial score (nSPS) is 19.1. The second-order valence-corrected chi connectivity index (χ2v) is 9.18. The van der Waals surface area contributed by atoms with E-state index in [0.29, 0.717) is 0 Å². The number of alkyl halides is 3. The Balaban J connectivity index is 2.58. The summed E-state index contributed by atoms with van der Waals surface area (Å²) in [7, 11) is -4.89. The Morgan fingerprint density at radius 1 is 1.04 bits per heavy atom. The van der Waals surface area contributed by atoms with Crippen molar-refractivity contribution in [2.24, 2.45) is 0 Å².